The van der Waals surface area contributed by atoms with E-state index in [1.807, 2.05) is 4.90 Å². The smallest absolute Gasteiger partial charge is 0.218 e. The van der Waals surface area contributed by atoms with Gasteiger partial charge < -0.3 is 14.4 Å². The van der Waals surface area contributed by atoms with Gasteiger partial charge in [0.25, 0.3) is 0 Å². The summed E-state index contributed by atoms with van der Waals surface area (Å²) in [7, 11) is 0.0827. The van der Waals surface area contributed by atoms with Crippen LogP contribution in [-0.2, 0) is 14.6 Å². The van der Waals surface area contributed by atoms with E-state index in [0.29, 0.717) is 37.8 Å². The summed E-state index contributed by atoms with van der Waals surface area (Å²) < 4.78 is 34.4. The molecule has 21 heavy (non-hydrogen) atoms. The summed E-state index contributed by atoms with van der Waals surface area (Å²) >= 11 is 0. The van der Waals surface area contributed by atoms with Crippen LogP contribution >= 0.6 is 0 Å². The first kappa shape index (κ1) is 14.5. The lowest BCUT2D eigenvalue weighted by Crippen LogP contribution is -2.68. The molecular weight excluding hydrogens is 294 g/mol. The predicted octanol–water partition coefficient (Wildman–Crippen LogP) is 0.125. The average molecular weight is 313 g/mol. The van der Waals surface area contributed by atoms with E-state index in [9.17, 15) is 8.42 Å². The van der Waals surface area contributed by atoms with E-state index in [4.69, 9.17) is 9.47 Å². The summed E-state index contributed by atoms with van der Waals surface area (Å²) in [5, 5.41) is 0. The Morgan fingerprint density at radius 3 is 2.81 bits per heavy atom. The maximum atomic E-state index is 12.4. The van der Waals surface area contributed by atoms with Crippen molar-refractivity contribution >= 4 is 15.7 Å². The zero-order valence-corrected chi connectivity index (χ0v) is 13.0. The van der Waals surface area contributed by atoms with E-state index < -0.39 is 14.6 Å². The minimum absolute atomic E-state index is 0.0625. The highest BCUT2D eigenvalue weighted by atomic mass is 32.2. The van der Waals surface area contributed by atoms with Gasteiger partial charge in [0, 0.05) is 32.2 Å². The molecular formula is C13H19N3O4S. The van der Waals surface area contributed by atoms with Crippen molar-refractivity contribution < 1.29 is 17.9 Å². The van der Waals surface area contributed by atoms with Crippen molar-refractivity contribution in [2.45, 2.75) is 11.2 Å². The molecule has 7 nitrogen and oxygen atoms in total. The molecule has 1 spiro atoms. The fourth-order valence-corrected chi connectivity index (χ4v) is 5.69. The van der Waals surface area contributed by atoms with Gasteiger partial charge in [-0.25, -0.2) is 18.4 Å². The fraction of sp³-hybridized carbons (Fsp3) is 0.692. The lowest BCUT2D eigenvalue weighted by molar-refractivity contribution is 0.123. The van der Waals surface area contributed by atoms with Crippen molar-refractivity contribution in [3.8, 4) is 5.88 Å². The van der Waals surface area contributed by atoms with Gasteiger partial charge in [0.05, 0.1) is 19.5 Å². The number of nitrogens with zero attached hydrogens (tertiary/aromatic N) is 3. The molecule has 0 saturated carbocycles. The fourth-order valence-electron chi connectivity index (χ4n) is 3.29. The molecule has 2 fully saturated rings. The summed E-state index contributed by atoms with van der Waals surface area (Å²) in [6.45, 7) is 1.41. The van der Waals surface area contributed by atoms with Gasteiger partial charge in [-0.1, -0.05) is 0 Å². The first-order valence-electron chi connectivity index (χ1n) is 6.84. The molecule has 2 aliphatic rings. The third-order valence-electron chi connectivity index (χ3n) is 4.54. The monoisotopic (exact) mass is 313 g/mol. The van der Waals surface area contributed by atoms with Gasteiger partial charge in [-0.05, 0) is 6.42 Å². The Kier molecular flexibility index (Phi) is 3.53. The number of ether oxygens (including phenoxy) is 2. The highest BCUT2D eigenvalue weighted by Crippen LogP contribution is 2.45. The average Bonchev–Trinajstić information content (AvgIpc) is 2.69. The van der Waals surface area contributed by atoms with Gasteiger partial charge in [-0.15, -0.1) is 0 Å². The Morgan fingerprint density at radius 2 is 2.14 bits per heavy atom. The Labute approximate surface area is 124 Å². The molecule has 1 atom stereocenters. The van der Waals surface area contributed by atoms with Crippen LogP contribution < -0.4 is 9.64 Å². The molecule has 2 saturated heterocycles. The van der Waals surface area contributed by atoms with Crippen molar-refractivity contribution in [1.82, 2.24) is 9.97 Å². The van der Waals surface area contributed by atoms with Crippen LogP contribution in [0.1, 0.15) is 6.42 Å². The quantitative estimate of drug-likeness (QED) is 0.781. The SMILES string of the molecule is COCC1CCS(=O)(=O)C12CN(c1cc(OC)ncn1)C2. The maximum absolute atomic E-state index is 12.4. The molecule has 0 aliphatic carbocycles. The molecule has 116 valence electrons. The van der Waals surface area contributed by atoms with Crippen LogP contribution in [0.5, 0.6) is 5.88 Å². The molecule has 2 aliphatic heterocycles. The standard InChI is InChI=1S/C13H19N3O4S/c1-19-6-10-3-4-21(17,18)13(10)7-16(8-13)11-5-12(20-2)15-9-14-11/h5,9-10H,3-4,6-8H2,1-2H3. The first-order valence-corrected chi connectivity index (χ1v) is 8.50. The number of rotatable bonds is 4. The van der Waals surface area contributed by atoms with Gasteiger partial charge in [-0.3, -0.25) is 0 Å². The van der Waals surface area contributed by atoms with E-state index in [1.165, 1.54) is 6.33 Å². The Morgan fingerprint density at radius 1 is 1.38 bits per heavy atom. The zero-order chi connectivity index (χ0) is 15.1. The van der Waals surface area contributed by atoms with Crippen molar-refractivity contribution in [3.63, 3.8) is 0 Å². The second-order valence-electron chi connectivity index (χ2n) is 5.60. The highest BCUT2D eigenvalue weighted by Gasteiger charge is 2.61. The highest BCUT2D eigenvalue weighted by molar-refractivity contribution is 7.93. The second kappa shape index (κ2) is 5.10. The number of anilines is 1. The molecule has 8 heteroatoms. The number of aromatic nitrogens is 2. The van der Waals surface area contributed by atoms with E-state index in [-0.39, 0.29) is 11.7 Å². The van der Waals surface area contributed by atoms with Crippen LogP contribution in [0.25, 0.3) is 0 Å². The molecule has 0 radical (unpaired) electrons. The van der Waals surface area contributed by atoms with Crippen LogP contribution in [0.2, 0.25) is 0 Å². The number of sulfone groups is 1. The molecule has 1 aromatic heterocycles. The lowest BCUT2D eigenvalue weighted by atomic mass is 9.83. The van der Waals surface area contributed by atoms with E-state index >= 15 is 0 Å². The summed E-state index contributed by atoms with van der Waals surface area (Å²) in [6, 6.07) is 1.72. The summed E-state index contributed by atoms with van der Waals surface area (Å²) in [4.78, 5) is 10.1. The van der Waals surface area contributed by atoms with E-state index in [1.54, 1.807) is 20.3 Å². The van der Waals surface area contributed by atoms with E-state index in [2.05, 4.69) is 9.97 Å². The van der Waals surface area contributed by atoms with Gasteiger partial charge >= 0.3 is 0 Å². The molecule has 0 aromatic carbocycles. The topological polar surface area (TPSA) is 81.6 Å². The molecule has 1 aromatic rings. The van der Waals surface area contributed by atoms with Gasteiger partial charge in [0.1, 0.15) is 16.9 Å². The molecule has 0 bridgehead atoms. The third kappa shape index (κ3) is 2.17. The van der Waals surface area contributed by atoms with Gasteiger partial charge in [0.15, 0.2) is 9.84 Å². The van der Waals surface area contributed by atoms with E-state index in [0.717, 1.165) is 0 Å². The first-order chi connectivity index (χ1) is 10.0. The maximum Gasteiger partial charge on any atom is 0.218 e. The molecule has 1 unspecified atom stereocenters. The zero-order valence-electron chi connectivity index (χ0n) is 12.2. The Balaban J connectivity index is 1.81. The Bertz CT molecular complexity index is 628. The van der Waals surface area contributed by atoms with Crippen LogP contribution in [-0.4, -0.2) is 62.8 Å². The summed E-state index contributed by atoms with van der Waals surface area (Å²) in [5.74, 6) is 1.49. The summed E-state index contributed by atoms with van der Waals surface area (Å²) in [6.07, 6.45) is 2.10. The third-order valence-corrected chi connectivity index (χ3v) is 7.15. The van der Waals surface area contributed by atoms with Gasteiger partial charge in [0.2, 0.25) is 5.88 Å². The number of hydrogen-bond acceptors (Lipinski definition) is 7. The minimum atomic E-state index is -3.07. The predicted molar refractivity (Wildman–Crippen MR) is 77.3 cm³/mol. The number of methoxy groups -OCH3 is 2. The van der Waals surface area contributed by atoms with Gasteiger partial charge in [-0.2, -0.15) is 0 Å². The molecule has 3 rings (SSSR count). The molecule has 0 N–H and O–H groups in total. The lowest BCUT2D eigenvalue weighted by Gasteiger charge is -2.50. The molecule has 3 heterocycles. The molecule has 0 amide bonds. The van der Waals surface area contributed by atoms with Crippen molar-refractivity contribution in [2.75, 3.05) is 44.6 Å². The van der Waals surface area contributed by atoms with Crippen LogP contribution in [0.4, 0.5) is 5.82 Å². The normalized spacial score (nSPS) is 25.8. The Hall–Kier alpha value is -1.41. The van der Waals surface area contributed by atoms with Crippen molar-refractivity contribution in [2.24, 2.45) is 5.92 Å². The second-order valence-corrected chi connectivity index (χ2v) is 8.05. The largest absolute Gasteiger partial charge is 0.481 e. The van der Waals surface area contributed by atoms with Crippen molar-refractivity contribution in [3.05, 3.63) is 12.4 Å². The van der Waals surface area contributed by atoms with Crippen LogP contribution in [0.3, 0.4) is 0 Å². The van der Waals surface area contributed by atoms with Crippen LogP contribution in [0, 0.1) is 5.92 Å². The number of hydrogen-bond donors (Lipinski definition) is 0. The summed E-state index contributed by atoms with van der Waals surface area (Å²) in [5.41, 5.74) is 0. The van der Waals surface area contributed by atoms with Crippen LogP contribution in [0.15, 0.2) is 12.4 Å². The minimum Gasteiger partial charge on any atom is -0.481 e. The van der Waals surface area contributed by atoms with Crippen molar-refractivity contribution in [1.29, 1.82) is 0 Å².